The van der Waals surface area contributed by atoms with Gasteiger partial charge in [-0.1, -0.05) is 12.1 Å². The molecule has 0 spiro atoms. The predicted octanol–water partition coefficient (Wildman–Crippen LogP) is 1.42. The van der Waals surface area contributed by atoms with Gasteiger partial charge >= 0.3 is 5.97 Å². The second-order valence-corrected chi connectivity index (χ2v) is 8.31. The van der Waals surface area contributed by atoms with E-state index in [1.54, 1.807) is 0 Å². The van der Waals surface area contributed by atoms with Crippen molar-refractivity contribution in [3.8, 4) is 11.4 Å². The van der Waals surface area contributed by atoms with Crippen LogP contribution in [-0.2, 0) is 14.3 Å². The molecule has 0 bridgehead atoms. The lowest BCUT2D eigenvalue weighted by Gasteiger charge is -2.35. The van der Waals surface area contributed by atoms with Crippen molar-refractivity contribution in [1.29, 1.82) is 0 Å². The molecule has 0 unspecified atom stereocenters. The number of aromatic nitrogens is 3. The van der Waals surface area contributed by atoms with E-state index in [0.29, 0.717) is 43.0 Å². The first-order valence-electron chi connectivity index (χ1n) is 11.6. The van der Waals surface area contributed by atoms with Gasteiger partial charge in [-0.25, -0.2) is 0 Å². The Morgan fingerprint density at radius 2 is 1.64 bits per heavy atom. The van der Waals surface area contributed by atoms with Crippen molar-refractivity contribution < 1.29 is 14.3 Å². The van der Waals surface area contributed by atoms with Crippen molar-refractivity contribution in [2.75, 3.05) is 81.7 Å². The lowest BCUT2D eigenvalue weighted by Crippen LogP contribution is -2.47. The van der Waals surface area contributed by atoms with Crippen molar-refractivity contribution in [2.24, 2.45) is 0 Å². The average molecular weight is 456 g/mol. The van der Waals surface area contributed by atoms with E-state index in [2.05, 4.69) is 14.7 Å². The van der Waals surface area contributed by atoms with Crippen LogP contribution in [0.4, 0.5) is 17.6 Å². The normalized spacial score (nSPS) is 17.2. The van der Waals surface area contributed by atoms with Gasteiger partial charge in [-0.2, -0.15) is 15.0 Å². The fourth-order valence-electron chi connectivity index (χ4n) is 4.10. The molecule has 2 fully saturated rings. The molecule has 178 valence electrons. The van der Waals surface area contributed by atoms with Crippen LogP contribution in [0, 0.1) is 0 Å². The number of carbonyl (C=O) groups is 1. The fraction of sp³-hybridized carbons (Fsp3) is 0.565. The van der Waals surface area contributed by atoms with E-state index in [0.717, 1.165) is 64.2 Å². The third-order valence-electron chi connectivity index (χ3n) is 6.10. The largest absolute Gasteiger partial charge is 0.469 e. The molecule has 3 heterocycles. The number of hydrogen-bond donors (Lipinski definition) is 1. The summed E-state index contributed by atoms with van der Waals surface area (Å²) >= 11 is 0. The number of morpholine rings is 1. The molecule has 33 heavy (non-hydrogen) atoms. The van der Waals surface area contributed by atoms with Gasteiger partial charge in [0.1, 0.15) is 0 Å². The maximum atomic E-state index is 11.3. The average Bonchev–Trinajstić information content (AvgIpc) is 2.87. The minimum absolute atomic E-state index is 0.138. The third kappa shape index (κ3) is 6.08. The van der Waals surface area contributed by atoms with E-state index in [-0.39, 0.29) is 5.97 Å². The highest BCUT2D eigenvalue weighted by atomic mass is 16.5. The molecule has 1 aromatic carbocycles. The minimum atomic E-state index is -0.138. The molecule has 0 amide bonds. The number of esters is 1. The molecule has 2 aliphatic rings. The zero-order chi connectivity index (χ0) is 23.0. The number of hydrogen-bond acceptors (Lipinski definition) is 10. The van der Waals surface area contributed by atoms with Crippen molar-refractivity contribution in [2.45, 2.75) is 19.3 Å². The Kier molecular flexibility index (Phi) is 7.90. The van der Waals surface area contributed by atoms with Gasteiger partial charge in [-0.05, 0) is 31.5 Å². The maximum absolute atomic E-state index is 11.3. The molecule has 2 saturated heterocycles. The second kappa shape index (κ2) is 11.2. The molecule has 0 saturated carbocycles. The third-order valence-corrected chi connectivity index (χ3v) is 6.10. The van der Waals surface area contributed by atoms with Crippen LogP contribution in [0.1, 0.15) is 19.3 Å². The quantitative estimate of drug-likeness (QED) is 0.356. The fourth-order valence-corrected chi connectivity index (χ4v) is 4.10. The number of nitrogens with two attached hydrogens (primary N) is 1. The molecule has 0 radical (unpaired) electrons. The summed E-state index contributed by atoms with van der Waals surface area (Å²) in [6.45, 7) is 7.36. The predicted molar refractivity (Wildman–Crippen MR) is 127 cm³/mol. The summed E-state index contributed by atoms with van der Waals surface area (Å²) in [6, 6.07) is 7.67. The molecule has 0 aliphatic carbocycles. The highest BCUT2D eigenvalue weighted by molar-refractivity contribution is 5.72. The Morgan fingerprint density at radius 3 is 2.30 bits per heavy atom. The molecular weight excluding hydrogens is 422 g/mol. The Morgan fingerprint density at radius 1 is 0.970 bits per heavy atom. The van der Waals surface area contributed by atoms with E-state index in [1.165, 1.54) is 7.11 Å². The van der Waals surface area contributed by atoms with Gasteiger partial charge in [-0.15, -0.1) is 0 Å². The van der Waals surface area contributed by atoms with E-state index >= 15 is 0 Å². The number of anilines is 3. The first kappa shape index (κ1) is 23.2. The summed E-state index contributed by atoms with van der Waals surface area (Å²) in [5.41, 5.74) is 7.70. The van der Waals surface area contributed by atoms with Crippen LogP contribution in [0.5, 0.6) is 0 Å². The van der Waals surface area contributed by atoms with Gasteiger partial charge in [0, 0.05) is 56.9 Å². The van der Waals surface area contributed by atoms with E-state index in [9.17, 15) is 4.79 Å². The second-order valence-electron chi connectivity index (χ2n) is 8.31. The zero-order valence-electron chi connectivity index (χ0n) is 19.3. The number of carbonyl (C=O) groups excluding carboxylic acids is 1. The van der Waals surface area contributed by atoms with Crippen molar-refractivity contribution >= 4 is 23.6 Å². The molecule has 10 heteroatoms. The number of benzene rings is 1. The molecular formula is C23H33N7O3. The van der Waals surface area contributed by atoms with Gasteiger partial charge in [0.2, 0.25) is 11.9 Å². The van der Waals surface area contributed by atoms with Crippen molar-refractivity contribution in [3.05, 3.63) is 24.3 Å². The topological polar surface area (TPSA) is 110 Å². The van der Waals surface area contributed by atoms with Crippen LogP contribution in [0.3, 0.4) is 0 Å². The number of para-hydroxylation sites is 1. The standard InChI is InChI=1S/C23H33N7O3/c1-32-20(31)8-4-5-9-28-10-12-29(13-11-28)22-25-21(18-6-2-3-7-19(18)24)26-23(27-22)30-14-16-33-17-15-30/h2-3,6-7H,4-5,8-17,24H2,1H3. The summed E-state index contributed by atoms with van der Waals surface area (Å²) in [6.07, 6.45) is 2.32. The number of methoxy groups -OCH3 is 1. The molecule has 4 rings (SSSR count). The van der Waals surface area contributed by atoms with Crippen molar-refractivity contribution in [3.63, 3.8) is 0 Å². The van der Waals surface area contributed by atoms with Crippen LogP contribution in [0.25, 0.3) is 11.4 Å². The number of nitrogens with zero attached hydrogens (tertiary/aromatic N) is 6. The van der Waals surface area contributed by atoms with Crippen LogP contribution in [-0.4, -0.2) is 92.0 Å². The summed E-state index contributed by atoms with van der Waals surface area (Å²) in [5.74, 6) is 1.83. The molecule has 1 aromatic heterocycles. The van der Waals surface area contributed by atoms with Crippen LogP contribution < -0.4 is 15.5 Å². The van der Waals surface area contributed by atoms with Gasteiger partial charge in [0.25, 0.3) is 0 Å². The van der Waals surface area contributed by atoms with Gasteiger partial charge in [0.15, 0.2) is 5.82 Å². The Hall–Kier alpha value is -2.98. The molecule has 0 atom stereocenters. The SMILES string of the molecule is COC(=O)CCCCN1CCN(c2nc(-c3ccccc3N)nc(N3CCOCC3)n2)CC1. The summed E-state index contributed by atoms with van der Waals surface area (Å²) < 4.78 is 10.2. The van der Waals surface area contributed by atoms with E-state index in [1.807, 2.05) is 24.3 Å². The van der Waals surface area contributed by atoms with E-state index in [4.69, 9.17) is 30.2 Å². The number of unbranched alkanes of at least 4 members (excludes halogenated alkanes) is 1. The monoisotopic (exact) mass is 455 g/mol. The maximum Gasteiger partial charge on any atom is 0.305 e. The summed E-state index contributed by atoms with van der Waals surface area (Å²) in [5, 5.41) is 0. The lowest BCUT2D eigenvalue weighted by atomic mass is 10.1. The first-order valence-corrected chi connectivity index (χ1v) is 11.6. The zero-order valence-corrected chi connectivity index (χ0v) is 19.3. The first-order chi connectivity index (χ1) is 16.1. The smallest absolute Gasteiger partial charge is 0.305 e. The van der Waals surface area contributed by atoms with Gasteiger partial charge in [-0.3, -0.25) is 9.69 Å². The highest BCUT2D eigenvalue weighted by Crippen LogP contribution is 2.26. The minimum Gasteiger partial charge on any atom is -0.469 e. The number of piperazine rings is 1. The molecule has 2 aromatic rings. The van der Waals surface area contributed by atoms with Gasteiger partial charge < -0.3 is 25.0 Å². The summed E-state index contributed by atoms with van der Waals surface area (Å²) in [7, 11) is 1.44. The molecule has 2 N–H and O–H groups in total. The van der Waals surface area contributed by atoms with Crippen LogP contribution in [0.15, 0.2) is 24.3 Å². The lowest BCUT2D eigenvalue weighted by molar-refractivity contribution is -0.140. The number of rotatable bonds is 8. The Bertz CT molecular complexity index is 928. The van der Waals surface area contributed by atoms with Crippen LogP contribution >= 0.6 is 0 Å². The van der Waals surface area contributed by atoms with E-state index < -0.39 is 0 Å². The van der Waals surface area contributed by atoms with Crippen molar-refractivity contribution in [1.82, 2.24) is 19.9 Å². The van der Waals surface area contributed by atoms with Crippen LogP contribution in [0.2, 0.25) is 0 Å². The number of nitrogen functional groups attached to an aromatic ring is 1. The Balaban J connectivity index is 1.45. The molecule has 10 nitrogen and oxygen atoms in total. The van der Waals surface area contributed by atoms with Gasteiger partial charge in [0.05, 0.1) is 20.3 Å². The highest BCUT2D eigenvalue weighted by Gasteiger charge is 2.23. The molecule has 2 aliphatic heterocycles. The Labute approximate surface area is 194 Å². The number of ether oxygens (including phenoxy) is 2. The summed E-state index contributed by atoms with van der Waals surface area (Å²) in [4.78, 5) is 32.5.